The van der Waals surface area contributed by atoms with Crippen LogP contribution in [-0.4, -0.2) is 22.5 Å². The molecule has 2 heterocycles. The van der Waals surface area contributed by atoms with Crippen molar-refractivity contribution in [3.8, 4) is 5.75 Å². The van der Waals surface area contributed by atoms with Crippen molar-refractivity contribution in [3.63, 3.8) is 0 Å². The van der Waals surface area contributed by atoms with Gasteiger partial charge in [-0.2, -0.15) is 4.98 Å². The molecule has 0 radical (unpaired) electrons. The van der Waals surface area contributed by atoms with Crippen molar-refractivity contribution < 1.29 is 13.9 Å². The third kappa shape index (κ3) is 3.87. The fourth-order valence-electron chi connectivity index (χ4n) is 3.14. The number of aryl methyl sites for hydroxylation is 2. The molecular formula is C18H20FN3O3. The molecule has 1 aromatic heterocycles. The molecule has 0 bridgehead atoms. The minimum absolute atomic E-state index is 0.132. The summed E-state index contributed by atoms with van der Waals surface area (Å²) in [6.45, 7) is 4.03. The summed E-state index contributed by atoms with van der Waals surface area (Å²) in [5, 5.41) is 2.94. The maximum absolute atomic E-state index is 13.5. The largest absolute Gasteiger partial charge is 0.493 e. The number of aromatic amines is 1. The first-order chi connectivity index (χ1) is 11.9. The van der Waals surface area contributed by atoms with E-state index in [1.807, 2.05) is 0 Å². The third-order valence-corrected chi connectivity index (χ3v) is 4.40. The quantitative estimate of drug-likeness (QED) is 0.889. The number of ether oxygens (including phenoxy) is 1. The van der Waals surface area contributed by atoms with E-state index in [1.165, 1.54) is 12.1 Å². The Balaban J connectivity index is 1.67. The molecule has 6 nitrogen and oxygen atoms in total. The summed E-state index contributed by atoms with van der Waals surface area (Å²) in [6, 6.07) is 4.07. The third-order valence-electron chi connectivity index (χ3n) is 4.40. The van der Waals surface area contributed by atoms with Crippen LogP contribution in [0.25, 0.3) is 0 Å². The van der Waals surface area contributed by atoms with E-state index in [0.717, 1.165) is 11.3 Å². The van der Waals surface area contributed by atoms with Crippen LogP contribution in [0.4, 0.5) is 4.39 Å². The van der Waals surface area contributed by atoms with E-state index in [1.54, 1.807) is 19.9 Å². The van der Waals surface area contributed by atoms with E-state index in [0.29, 0.717) is 36.5 Å². The van der Waals surface area contributed by atoms with Gasteiger partial charge < -0.3 is 15.0 Å². The van der Waals surface area contributed by atoms with E-state index < -0.39 is 0 Å². The molecule has 0 saturated carbocycles. The number of nitrogens with zero attached hydrogens (tertiary/aromatic N) is 1. The zero-order chi connectivity index (χ0) is 18.0. The molecule has 0 aliphatic carbocycles. The second kappa shape index (κ2) is 7.04. The SMILES string of the molecule is Cc1nc(=O)[nH]c(C)c1CCC(=O)NC1CCOc2ccc(F)cc21. The van der Waals surface area contributed by atoms with Gasteiger partial charge in [0, 0.05) is 29.8 Å². The van der Waals surface area contributed by atoms with Crippen molar-refractivity contribution in [2.75, 3.05) is 6.61 Å². The van der Waals surface area contributed by atoms with Crippen molar-refractivity contribution >= 4 is 5.91 Å². The molecule has 0 fully saturated rings. The van der Waals surface area contributed by atoms with E-state index in [2.05, 4.69) is 15.3 Å². The Bertz CT molecular complexity index is 837. The predicted molar refractivity (Wildman–Crippen MR) is 90.0 cm³/mol. The van der Waals surface area contributed by atoms with E-state index in [4.69, 9.17) is 4.74 Å². The highest BCUT2D eigenvalue weighted by atomic mass is 19.1. The molecule has 1 amide bonds. The normalized spacial score (nSPS) is 16.0. The van der Waals surface area contributed by atoms with E-state index in [9.17, 15) is 14.0 Å². The van der Waals surface area contributed by atoms with Crippen molar-refractivity contribution in [1.82, 2.24) is 15.3 Å². The van der Waals surface area contributed by atoms with Crippen molar-refractivity contribution in [3.05, 3.63) is 57.0 Å². The number of aromatic nitrogens is 2. The number of hydrogen-bond donors (Lipinski definition) is 2. The topological polar surface area (TPSA) is 84.1 Å². The minimum atomic E-state index is -0.385. The smallest absolute Gasteiger partial charge is 0.345 e. The average molecular weight is 345 g/mol. The molecule has 1 aliphatic heterocycles. The van der Waals surface area contributed by atoms with Crippen molar-refractivity contribution in [2.45, 2.75) is 39.2 Å². The zero-order valence-electron chi connectivity index (χ0n) is 14.2. The lowest BCUT2D eigenvalue weighted by Crippen LogP contribution is -2.32. The number of hydrogen-bond acceptors (Lipinski definition) is 4. The summed E-state index contributed by atoms with van der Waals surface area (Å²) in [7, 11) is 0. The van der Waals surface area contributed by atoms with Crippen LogP contribution in [0, 0.1) is 19.7 Å². The molecule has 1 atom stereocenters. The molecule has 2 aromatic rings. The molecule has 7 heteroatoms. The summed E-state index contributed by atoms with van der Waals surface area (Å²) >= 11 is 0. The van der Waals surface area contributed by atoms with Crippen LogP contribution in [0.15, 0.2) is 23.0 Å². The van der Waals surface area contributed by atoms with Gasteiger partial charge in [-0.1, -0.05) is 0 Å². The van der Waals surface area contributed by atoms with Gasteiger partial charge in [-0.3, -0.25) is 4.79 Å². The highest BCUT2D eigenvalue weighted by Gasteiger charge is 2.23. The summed E-state index contributed by atoms with van der Waals surface area (Å²) in [5.74, 6) is 0.121. The van der Waals surface area contributed by atoms with Gasteiger partial charge in [-0.05, 0) is 44.0 Å². The fourth-order valence-corrected chi connectivity index (χ4v) is 3.14. The number of fused-ring (bicyclic) bond motifs is 1. The number of amides is 1. The second-order valence-electron chi connectivity index (χ2n) is 6.17. The molecule has 25 heavy (non-hydrogen) atoms. The molecular weight excluding hydrogens is 325 g/mol. The highest BCUT2D eigenvalue weighted by Crippen LogP contribution is 2.32. The number of carbonyl (C=O) groups is 1. The van der Waals surface area contributed by atoms with E-state index >= 15 is 0 Å². The first-order valence-electron chi connectivity index (χ1n) is 8.22. The first kappa shape index (κ1) is 17.1. The number of benzene rings is 1. The Labute approximate surface area is 144 Å². The molecule has 1 aromatic carbocycles. The lowest BCUT2D eigenvalue weighted by Gasteiger charge is -2.26. The summed E-state index contributed by atoms with van der Waals surface area (Å²) in [5.41, 5.74) is 2.51. The van der Waals surface area contributed by atoms with Crippen LogP contribution >= 0.6 is 0 Å². The molecule has 1 aliphatic rings. The monoisotopic (exact) mass is 345 g/mol. The number of carbonyl (C=O) groups excluding carboxylic acids is 1. The first-order valence-corrected chi connectivity index (χ1v) is 8.22. The fraction of sp³-hybridized carbons (Fsp3) is 0.389. The second-order valence-corrected chi connectivity index (χ2v) is 6.17. The number of rotatable bonds is 4. The molecule has 1 unspecified atom stereocenters. The van der Waals surface area contributed by atoms with Crippen LogP contribution in [0.1, 0.15) is 41.4 Å². The van der Waals surface area contributed by atoms with Gasteiger partial charge in [0.1, 0.15) is 11.6 Å². The van der Waals surface area contributed by atoms with Gasteiger partial charge in [0.15, 0.2) is 0 Å². The Kier molecular flexibility index (Phi) is 4.83. The Hall–Kier alpha value is -2.70. The van der Waals surface area contributed by atoms with Gasteiger partial charge in [0.05, 0.1) is 12.6 Å². The van der Waals surface area contributed by atoms with Gasteiger partial charge in [-0.15, -0.1) is 0 Å². The maximum atomic E-state index is 13.5. The zero-order valence-corrected chi connectivity index (χ0v) is 14.2. The molecule has 132 valence electrons. The van der Waals surface area contributed by atoms with Crippen LogP contribution in [-0.2, 0) is 11.2 Å². The van der Waals surface area contributed by atoms with Gasteiger partial charge in [0.2, 0.25) is 5.91 Å². The summed E-state index contributed by atoms with van der Waals surface area (Å²) in [4.78, 5) is 30.2. The van der Waals surface area contributed by atoms with Crippen LogP contribution in [0.3, 0.4) is 0 Å². The van der Waals surface area contributed by atoms with Crippen molar-refractivity contribution in [2.24, 2.45) is 0 Å². The number of nitrogens with one attached hydrogen (secondary N) is 2. The van der Waals surface area contributed by atoms with Gasteiger partial charge >= 0.3 is 5.69 Å². The number of H-pyrrole nitrogens is 1. The van der Waals surface area contributed by atoms with E-state index in [-0.39, 0.29) is 29.9 Å². The minimum Gasteiger partial charge on any atom is -0.493 e. The molecule has 0 spiro atoms. The summed E-state index contributed by atoms with van der Waals surface area (Å²) < 4.78 is 19.0. The maximum Gasteiger partial charge on any atom is 0.345 e. The molecule has 3 rings (SSSR count). The predicted octanol–water partition coefficient (Wildman–Crippen LogP) is 2.10. The standard InChI is InChI=1S/C18H20FN3O3/c1-10-13(11(2)21-18(24)20-10)4-6-17(23)22-15-7-8-25-16-5-3-12(19)9-14(15)16/h3,5,9,15H,4,6-8H2,1-2H3,(H,22,23)(H,20,21,24). The Morgan fingerprint density at radius 2 is 2.24 bits per heavy atom. The summed E-state index contributed by atoms with van der Waals surface area (Å²) in [6.07, 6.45) is 1.34. The van der Waals surface area contributed by atoms with Crippen LogP contribution in [0.5, 0.6) is 5.75 Å². The Morgan fingerprint density at radius 1 is 1.44 bits per heavy atom. The van der Waals surface area contributed by atoms with Gasteiger partial charge in [-0.25, -0.2) is 9.18 Å². The molecule has 2 N–H and O–H groups in total. The van der Waals surface area contributed by atoms with Crippen LogP contribution < -0.4 is 15.7 Å². The molecule has 0 saturated heterocycles. The average Bonchev–Trinajstić information content (AvgIpc) is 2.54. The van der Waals surface area contributed by atoms with Gasteiger partial charge in [0.25, 0.3) is 0 Å². The van der Waals surface area contributed by atoms with Crippen molar-refractivity contribution in [1.29, 1.82) is 0 Å². The lowest BCUT2D eigenvalue weighted by atomic mass is 9.99. The lowest BCUT2D eigenvalue weighted by molar-refractivity contribution is -0.122. The Morgan fingerprint density at radius 3 is 3.00 bits per heavy atom. The highest BCUT2D eigenvalue weighted by molar-refractivity contribution is 5.77. The number of halogens is 1. The van der Waals surface area contributed by atoms with Crippen LogP contribution in [0.2, 0.25) is 0 Å².